The highest BCUT2D eigenvalue weighted by atomic mass is 79.9. The van der Waals surface area contributed by atoms with Gasteiger partial charge in [0.25, 0.3) is 10.0 Å². The Hall–Kier alpha value is -2.70. The van der Waals surface area contributed by atoms with E-state index in [1.807, 2.05) is 31.2 Å². The third-order valence-electron chi connectivity index (χ3n) is 4.05. The molecule has 28 heavy (non-hydrogen) atoms. The van der Waals surface area contributed by atoms with Gasteiger partial charge in [-0.1, -0.05) is 51.8 Å². The Bertz CT molecular complexity index is 1100. The molecule has 3 aromatic carbocycles. The lowest BCUT2D eigenvalue weighted by atomic mass is 10.1. The zero-order valence-electron chi connectivity index (χ0n) is 15.1. The molecule has 3 rings (SSSR count). The number of ketones is 1. The second kappa shape index (κ2) is 8.54. The predicted molar refractivity (Wildman–Crippen MR) is 116 cm³/mol. The monoisotopic (exact) mass is 455 g/mol. The molecule has 0 radical (unpaired) electrons. The summed E-state index contributed by atoms with van der Waals surface area (Å²) in [4.78, 5) is 12.5. The van der Waals surface area contributed by atoms with Gasteiger partial charge in [0.05, 0.1) is 4.90 Å². The minimum absolute atomic E-state index is 0.157. The van der Waals surface area contributed by atoms with Crippen LogP contribution in [-0.2, 0) is 10.0 Å². The Morgan fingerprint density at radius 1 is 0.893 bits per heavy atom. The lowest BCUT2D eigenvalue weighted by Gasteiger charge is -2.08. The molecule has 0 amide bonds. The summed E-state index contributed by atoms with van der Waals surface area (Å²) in [5, 5.41) is 0. The molecule has 0 unspecified atom stereocenters. The third-order valence-corrected chi connectivity index (χ3v) is 5.98. The number of aryl methyl sites for hydroxylation is 1. The Kier molecular flexibility index (Phi) is 6.11. The fraction of sp³-hybridized carbons (Fsp3) is 0.0455. The third kappa shape index (κ3) is 5.18. The molecule has 0 aliphatic rings. The Morgan fingerprint density at radius 2 is 1.50 bits per heavy atom. The molecule has 0 saturated carbocycles. The molecular weight excluding hydrogens is 438 g/mol. The highest BCUT2D eigenvalue weighted by Gasteiger charge is 2.14. The second-order valence-corrected chi connectivity index (χ2v) is 8.84. The van der Waals surface area contributed by atoms with Crippen LogP contribution in [0, 0.1) is 6.92 Å². The molecule has 6 heteroatoms. The first-order valence-corrected chi connectivity index (χ1v) is 10.8. The molecule has 0 fully saturated rings. The van der Waals surface area contributed by atoms with Gasteiger partial charge in [-0.3, -0.25) is 9.52 Å². The lowest BCUT2D eigenvalue weighted by Crippen LogP contribution is -2.13. The minimum atomic E-state index is -3.67. The predicted octanol–water partition coefficient (Wildman–Crippen LogP) is 5.45. The fourth-order valence-corrected chi connectivity index (χ4v) is 3.80. The van der Waals surface area contributed by atoms with E-state index in [9.17, 15) is 13.2 Å². The quantitative estimate of drug-likeness (QED) is 0.396. The van der Waals surface area contributed by atoms with Crippen molar-refractivity contribution >= 4 is 43.5 Å². The summed E-state index contributed by atoms with van der Waals surface area (Å²) in [6, 6.07) is 20.6. The molecule has 142 valence electrons. The minimum Gasteiger partial charge on any atom is -0.289 e. The summed E-state index contributed by atoms with van der Waals surface area (Å²) in [7, 11) is -3.67. The van der Waals surface area contributed by atoms with E-state index in [2.05, 4.69) is 20.7 Å². The van der Waals surface area contributed by atoms with Gasteiger partial charge in [0.15, 0.2) is 5.78 Å². The Labute approximate surface area is 173 Å². The molecule has 0 bridgehead atoms. The molecule has 1 N–H and O–H groups in total. The molecule has 0 aliphatic heterocycles. The van der Waals surface area contributed by atoms with Crippen LogP contribution in [-0.4, -0.2) is 14.2 Å². The molecule has 4 nitrogen and oxygen atoms in total. The number of benzene rings is 3. The van der Waals surface area contributed by atoms with E-state index in [1.54, 1.807) is 54.6 Å². The number of sulfonamides is 1. The largest absolute Gasteiger partial charge is 0.289 e. The van der Waals surface area contributed by atoms with Crippen LogP contribution in [0.4, 0.5) is 5.69 Å². The summed E-state index contributed by atoms with van der Waals surface area (Å²) < 4.78 is 28.3. The van der Waals surface area contributed by atoms with Crippen LogP contribution in [0.3, 0.4) is 0 Å². The van der Waals surface area contributed by atoms with E-state index < -0.39 is 10.0 Å². The molecule has 0 aromatic heterocycles. The van der Waals surface area contributed by atoms with Gasteiger partial charge < -0.3 is 0 Å². The first-order chi connectivity index (χ1) is 13.3. The van der Waals surface area contributed by atoms with Gasteiger partial charge in [-0.2, -0.15) is 0 Å². The van der Waals surface area contributed by atoms with Gasteiger partial charge in [-0.25, -0.2) is 8.42 Å². The summed E-state index contributed by atoms with van der Waals surface area (Å²) >= 11 is 3.37. The molecule has 0 heterocycles. The topological polar surface area (TPSA) is 63.2 Å². The maximum atomic E-state index is 12.4. The van der Waals surface area contributed by atoms with Crippen molar-refractivity contribution in [3.8, 4) is 0 Å². The van der Waals surface area contributed by atoms with Crippen LogP contribution in [0.5, 0.6) is 0 Å². The molecular formula is C22H18BrNO3S. The van der Waals surface area contributed by atoms with Crippen LogP contribution in [0.1, 0.15) is 21.5 Å². The number of halogens is 1. The van der Waals surface area contributed by atoms with Crippen LogP contribution < -0.4 is 4.72 Å². The number of hydrogen-bond acceptors (Lipinski definition) is 3. The van der Waals surface area contributed by atoms with Crippen molar-refractivity contribution in [1.82, 2.24) is 0 Å². The fourth-order valence-electron chi connectivity index (χ4n) is 2.48. The van der Waals surface area contributed by atoms with E-state index in [0.717, 1.165) is 15.6 Å². The normalized spacial score (nSPS) is 11.5. The Balaban J connectivity index is 1.69. The number of carbonyl (C=O) groups is 1. The van der Waals surface area contributed by atoms with Crippen LogP contribution in [0.25, 0.3) is 6.08 Å². The highest BCUT2D eigenvalue weighted by Crippen LogP contribution is 2.18. The van der Waals surface area contributed by atoms with Crippen LogP contribution >= 0.6 is 15.9 Å². The smallest absolute Gasteiger partial charge is 0.261 e. The van der Waals surface area contributed by atoms with Crippen molar-refractivity contribution in [1.29, 1.82) is 0 Å². The van der Waals surface area contributed by atoms with Crippen molar-refractivity contribution in [2.75, 3.05) is 4.72 Å². The summed E-state index contributed by atoms with van der Waals surface area (Å²) in [5.41, 5.74) is 2.78. The van der Waals surface area contributed by atoms with Crippen molar-refractivity contribution in [2.45, 2.75) is 11.8 Å². The molecule has 0 spiro atoms. The SMILES string of the molecule is Cc1ccc(S(=O)(=O)Nc2ccc(C(=O)C=Cc3ccc(Br)cc3)cc2)cc1. The van der Waals surface area contributed by atoms with Gasteiger partial charge in [-0.15, -0.1) is 0 Å². The average molecular weight is 456 g/mol. The molecule has 0 aliphatic carbocycles. The zero-order valence-corrected chi connectivity index (χ0v) is 17.5. The maximum Gasteiger partial charge on any atom is 0.261 e. The second-order valence-electron chi connectivity index (χ2n) is 6.25. The standard InChI is InChI=1S/C22H18BrNO3S/c1-16-2-13-21(14-3-16)28(26,27)24-20-11-7-18(8-12-20)22(25)15-6-17-4-9-19(23)10-5-17/h2-15,24H,1H3. The summed E-state index contributed by atoms with van der Waals surface area (Å²) in [6.45, 7) is 1.89. The number of rotatable bonds is 6. The zero-order chi connectivity index (χ0) is 20.1. The molecule has 0 saturated heterocycles. The number of allylic oxidation sites excluding steroid dienone is 1. The summed E-state index contributed by atoms with van der Waals surface area (Å²) in [6.07, 6.45) is 3.23. The van der Waals surface area contributed by atoms with Gasteiger partial charge in [0, 0.05) is 15.7 Å². The number of hydrogen-bond donors (Lipinski definition) is 1. The highest BCUT2D eigenvalue weighted by molar-refractivity contribution is 9.10. The van der Waals surface area contributed by atoms with Gasteiger partial charge in [0.1, 0.15) is 0 Å². The van der Waals surface area contributed by atoms with Gasteiger partial charge in [0.2, 0.25) is 0 Å². The average Bonchev–Trinajstić information content (AvgIpc) is 2.68. The first-order valence-electron chi connectivity index (χ1n) is 8.51. The van der Waals surface area contributed by atoms with Crippen molar-refractivity contribution in [2.24, 2.45) is 0 Å². The van der Waals surface area contributed by atoms with E-state index >= 15 is 0 Å². The van der Waals surface area contributed by atoms with Gasteiger partial charge in [-0.05, 0) is 67.1 Å². The first kappa shape index (κ1) is 20.0. The molecule has 0 atom stereocenters. The van der Waals surface area contributed by atoms with E-state index in [-0.39, 0.29) is 10.7 Å². The lowest BCUT2D eigenvalue weighted by molar-refractivity contribution is 0.104. The van der Waals surface area contributed by atoms with Gasteiger partial charge >= 0.3 is 0 Å². The Morgan fingerprint density at radius 3 is 2.11 bits per heavy atom. The van der Waals surface area contributed by atoms with Crippen molar-refractivity contribution in [3.05, 3.63) is 100 Å². The summed E-state index contributed by atoms with van der Waals surface area (Å²) in [5.74, 6) is -0.157. The van der Waals surface area contributed by atoms with E-state index in [4.69, 9.17) is 0 Å². The molecule has 3 aromatic rings. The number of nitrogens with one attached hydrogen (secondary N) is 1. The number of carbonyl (C=O) groups excluding carboxylic acids is 1. The number of anilines is 1. The van der Waals surface area contributed by atoms with E-state index in [0.29, 0.717) is 11.3 Å². The van der Waals surface area contributed by atoms with E-state index in [1.165, 1.54) is 6.08 Å². The van der Waals surface area contributed by atoms with Crippen molar-refractivity contribution in [3.63, 3.8) is 0 Å². The maximum absolute atomic E-state index is 12.4. The van der Waals surface area contributed by atoms with Crippen molar-refractivity contribution < 1.29 is 13.2 Å². The van der Waals surface area contributed by atoms with Crippen LogP contribution in [0.15, 0.2) is 88.2 Å². The van der Waals surface area contributed by atoms with Crippen LogP contribution in [0.2, 0.25) is 0 Å².